The molecular weight excluding hydrogens is 260 g/mol. The molecule has 1 aromatic carbocycles. The minimum Gasteiger partial charge on any atom is -0.497 e. The van der Waals surface area contributed by atoms with Gasteiger partial charge in [-0.05, 0) is 6.92 Å². The summed E-state index contributed by atoms with van der Waals surface area (Å²) in [7, 11) is 4.76. The van der Waals surface area contributed by atoms with Gasteiger partial charge in [0, 0.05) is 37.5 Å². The van der Waals surface area contributed by atoms with Crippen LogP contribution in [0.15, 0.2) is 18.2 Å². The number of carbonyl (C=O) groups is 1. The fraction of sp³-hybridized carbons (Fsp3) is 0.500. The van der Waals surface area contributed by atoms with Crippen molar-refractivity contribution >= 4 is 11.6 Å². The third-order valence-corrected chi connectivity index (χ3v) is 2.73. The SMILES string of the molecule is COCCNC(=O)C(C)Nc1cc(OC)cc(OC)c1. The summed E-state index contributed by atoms with van der Waals surface area (Å²) in [6.45, 7) is 2.77. The lowest BCUT2D eigenvalue weighted by Gasteiger charge is -2.16. The van der Waals surface area contributed by atoms with E-state index in [9.17, 15) is 4.79 Å². The molecule has 0 heterocycles. The quantitative estimate of drug-likeness (QED) is 0.703. The average Bonchev–Trinajstić information content (AvgIpc) is 2.46. The van der Waals surface area contributed by atoms with Crippen molar-refractivity contribution in [2.75, 3.05) is 39.8 Å². The van der Waals surface area contributed by atoms with Gasteiger partial charge in [0.25, 0.3) is 0 Å². The van der Waals surface area contributed by atoms with E-state index in [-0.39, 0.29) is 11.9 Å². The van der Waals surface area contributed by atoms with E-state index >= 15 is 0 Å². The Balaban J connectivity index is 2.64. The number of rotatable bonds is 8. The van der Waals surface area contributed by atoms with Crippen molar-refractivity contribution in [1.82, 2.24) is 5.32 Å². The van der Waals surface area contributed by atoms with Gasteiger partial charge in [-0.1, -0.05) is 0 Å². The minimum absolute atomic E-state index is 0.0937. The molecule has 0 aromatic heterocycles. The maximum absolute atomic E-state index is 11.8. The van der Waals surface area contributed by atoms with Gasteiger partial charge in [-0.25, -0.2) is 0 Å². The summed E-state index contributed by atoms with van der Waals surface area (Å²) in [5.74, 6) is 1.24. The maximum atomic E-state index is 11.8. The lowest BCUT2D eigenvalue weighted by molar-refractivity contribution is -0.121. The molecule has 112 valence electrons. The fourth-order valence-corrected chi connectivity index (χ4v) is 1.64. The van der Waals surface area contributed by atoms with Crippen molar-refractivity contribution < 1.29 is 19.0 Å². The average molecular weight is 282 g/mol. The van der Waals surface area contributed by atoms with Crippen LogP contribution in [-0.4, -0.2) is 46.4 Å². The molecule has 0 saturated carbocycles. The van der Waals surface area contributed by atoms with Gasteiger partial charge in [0.05, 0.1) is 20.8 Å². The summed E-state index contributed by atoms with van der Waals surface area (Å²) >= 11 is 0. The first-order chi connectivity index (χ1) is 9.60. The predicted molar refractivity (Wildman–Crippen MR) is 77.5 cm³/mol. The number of hydrogen-bond acceptors (Lipinski definition) is 5. The molecule has 0 aliphatic heterocycles. The van der Waals surface area contributed by atoms with E-state index in [2.05, 4.69) is 10.6 Å². The van der Waals surface area contributed by atoms with Crippen LogP contribution in [0.5, 0.6) is 11.5 Å². The normalized spacial score (nSPS) is 11.6. The zero-order chi connectivity index (χ0) is 15.0. The van der Waals surface area contributed by atoms with E-state index in [4.69, 9.17) is 14.2 Å². The topological polar surface area (TPSA) is 68.8 Å². The van der Waals surface area contributed by atoms with Crippen molar-refractivity contribution in [3.05, 3.63) is 18.2 Å². The summed E-state index contributed by atoms with van der Waals surface area (Å²) in [5, 5.41) is 5.88. The van der Waals surface area contributed by atoms with Crippen LogP contribution in [-0.2, 0) is 9.53 Å². The van der Waals surface area contributed by atoms with Crippen LogP contribution in [0.1, 0.15) is 6.92 Å². The van der Waals surface area contributed by atoms with Crippen molar-refractivity contribution in [1.29, 1.82) is 0 Å². The molecule has 0 aliphatic carbocycles. The first kappa shape index (κ1) is 16.1. The molecule has 1 unspecified atom stereocenters. The number of benzene rings is 1. The molecule has 0 aliphatic rings. The summed E-state index contributed by atoms with van der Waals surface area (Å²) in [5.41, 5.74) is 0.760. The summed E-state index contributed by atoms with van der Waals surface area (Å²) in [6, 6.07) is 5.01. The number of carbonyl (C=O) groups excluding carboxylic acids is 1. The summed E-state index contributed by atoms with van der Waals surface area (Å²) in [6.07, 6.45) is 0. The van der Waals surface area contributed by atoms with Crippen molar-refractivity contribution in [3.63, 3.8) is 0 Å². The van der Waals surface area contributed by atoms with E-state index < -0.39 is 0 Å². The highest BCUT2D eigenvalue weighted by Crippen LogP contribution is 2.26. The number of methoxy groups -OCH3 is 3. The second kappa shape index (κ2) is 8.27. The van der Waals surface area contributed by atoms with Crippen LogP contribution >= 0.6 is 0 Å². The number of ether oxygens (including phenoxy) is 3. The van der Waals surface area contributed by atoms with Crippen LogP contribution in [0.2, 0.25) is 0 Å². The van der Waals surface area contributed by atoms with Crippen LogP contribution in [0, 0.1) is 0 Å². The second-order valence-corrected chi connectivity index (χ2v) is 4.25. The van der Waals surface area contributed by atoms with Gasteiger partial charge in [-0.2, -0.15) is 0 Å². The minimum atomic E-state index is -0.372. The van der Waals surface area contributed by atoms with E-state index in [0.29, 0.717) is 24.7 Å². The predicted octanol–water partition coefficient (Wildman–Crippen LogP) is 1.27. The second-order valence-electron chi connectivity index (χ2n) is 4.25. The van der Waals surface area contributed by atoms with Crippen LogP contribution in [0.3, 0.4) is 0 Å². The summed E-state index contributed by atoms with van der Waals surface area (Å²) < 4.78 is 15.2. The zero-order valence-electron chi connectivity index (χ0n) is 12.4. The van der Waals surface area contributed by atoms with Gasteiger partial charge in [0.15, 0.2) is 0 Å². The Morgan fingerprint density at radius 2 is 1.75 bits per heavy atom. The van der Waals surface area contributed by atoms with Gasteiger partial charge in [-0.15, -0.1) is 0 Å². The molecule has 1 amide bonds. The summed E-state index contributed by atoms with van der Waals surface area (Å²) in [4.78, 5) is 11.8. The lowest BCUT2D eigenvalue weighted by atomic mass is 10.2. The zero-order valence-corrected chi connectivity index (χ0v) is 12.4. The largest absolute Gasteiger partial charge is 0.497 e. The van der Waals surface area contributed by atoms with Crippen molar-refractivity contribution in [3.8, 4) is 11.5 Å². The van der Waals surface area contributed by atoms with Gasteiger partial charge >= 0.3 is 0 Å². The molecule has 1 rings (SSSR count). The van der Waals surface area contributed by atoms with Crippen LogP contribution in [0.4, 0.5) is 5.69 Å². The van der Waals surface area contributed by atoms with E-state index in [0.717, 1.165) is 5.69 Å². The molecule has 0 fully saturated rings. The number of anilines is 1. The van der Waals surface area contributed by atoms with Crippen LogP contribution < -0.4 is 20.1 Å². The molecule has 0 spiro atoms. The highest BCUT2D eigenvalue weighted by molar-refractivity contribution is 5.84. The molecule has 6 nitrogen and oxygen atoms in total. The molecule has 0 saturated heterocycles. The maximum Gasteiger partial charge on any atom is 0.242 e. The van der Waals surface area contributed by atoms with Gasteiger partial charge in [0.2, 0.25) is 5.91 Å². The van der Waals surface area contributed by atoms with Crippen molar-refractivity contribution in [2.24, 2.45) is 0 Å². The Morgan fingerprint density at radius 1 is 1.15 bits per heavy atom. The van der Waals surface area contributed by atoms with Crippen molar-refractivity contribution in [2.45, 2.75) is 13.0 Å². The first-order valence-electron chi connectivity index (χ1n) is 6.37. The Bertz CT molecular complexity index is 415. The van der Waals surface area contributed by atoms with E-state index in [1.165, 1.54) is 0 Å². The molecule has 2 N–H and O–H groups in total. The number of nitrogens with one attached hydrogen (secondary N) is 2. The van der Waals surface area contributed by atoms with E-state index in [1.807, 2.05) is 0 Å². The number of hydrogen-bond donors (Lipinski definition) is 2. The fourth-order valence-electron chi connectivity index (χ4n) is 1.64. The molecule has 1 atom stereocenters. The van der Waals surface area contributed by atoms with Gasteiger partial charge < -0.3 is 24.8 Å². The highest BCUT2D eigenvalue weighted by atomic mass is 16.5. The van der Waals surface area contributed by atoms with Gasteiger partial charge in [-0.3, -0.25) is 4.79 Å². The molecule has 20 heavy (non-hydrogen) atoms. The smallest absolute Gasteiger partial charge is 0.242 e. The van der Waals surface area contributed by atoms with Gasteiger partial charge in [0.1, 0.15) is 17.5 Å². The highest BCUT2D eigenvalue weighted by Gasteiger charge is 2.13. The number of amides is 1. The molecule has 0 bridgehead atoms. The molecule has 6 heteroatoms. The molecule has 0 radical (unpaired) electrons. The molecule has 1 aromatic rings. The Morgan fingerprint density at radius 3 is 2.25 bits per heavy atom. The first-order valence-corrected chi connectivity index (χ1v) is 6.37. The standard InChI is InChI=1S/C14H22N2O4/c1-10(14(17)15-5-6-18-2)16-11-7-12(19-3)9-13(8-11)20-4/h7-10,16H,5-6H2,1-4H3,(H,15,17). The Kier molecular flexibility index (Phi) is 6.66. The molecular formula is C14H22N2O4. The Labute approximate surface area is 119 Å². The third-order valence-electron chi connectivity index (χ3n) is 2.73. The van der Waals surface area contributed by atoms with Crippen LogP contribution in [0.25, 0.3) is 0 Å². The van der Waals surface area contributed by atoms with E-state index in [1.54, 1.807) is 46.5 Å². The monoisotopic (exact) mass is 282 g/mol. The lowest BCUT2D eigenvalue weighted by Crippen LogP contribution is -2.39. The third kappa shape index (κ3) is 4.97. The Hall–Kier alpha value is -1.95.